The van der Waals surface area contributed by atoms with Gasteiger partial charge < -0.3 is 37.5 Å². The zero-order chi connectivity index (χ0) is 25.2. The van der Waals surface area contributed by atoms with Crippen molar-refractivity contribution in [3.05, 3.63) is 70.6 Å². The van der Waals surface area contributed by atoms with Crippen LogP contribution in [0.2, 0.25) is 0 Å². The second-order valence-electron chi connectivity index (χ2n) is 9.12. The van der Waals surface area contributed by atoms with Gasteiger partial charge in [-0.2, -0.15) is 0 Å². The van der Waals surface area contributed by atoms with Crippen molar-refractivity contribution < 1.29 is 5.11 Å². The number of aliphatic hydroxyl groups is 1. The Kier molecular flexibility index (Phi) is 9.63. The highest BCUT2D eigenvalue weighted by atomic mass is 16.3. The van der Waals surface area contributed by atoms with Gasteiger partial charge >= 0.3 is 0 Å². The van der Waals surface area contributed by atoms with E-state index < -0.39 is 0 Å². The molecular weight excluding hydrogens is 440 g/mol. The Bertz CT molecular complexity index is 1020. The number of dihydropyridines is 2. The van der Waals surface area contributed by atoms with Gasteiger partial charge in [0.1, 0.15) is 11.7 Å². The van der Waals surface area contributed by atoms with E-state index in [1.165, 1.54) is 6.21 Å². The minimum absolute atomic E-state index is 0.139. The lowest BCUT2D eigenvalue weighted by molar-refractivity contribution is 0.0824. The van der Waals surface area contributed by atoms with E-state index in [0.717, 1.165) is 73.6 Å². The maximum Gasteiger partial charge on any atom is 0.132 e. The molecule has 0 aliphatic carbocycles. The van der Waals surface area contributed by atoms with Gasteiger partial charge in [0.05, 0.1) is 17.5 Å². The van der Waals surface area contributed by atoms with E-state index in [1.54, 1.807) is 12.3 Å². The number of likely N-dealkylation sites (tertiary alicyclic amines) is 1. The first-order valence-electron chi connectivity index (χ1n) is 12.2. The highest BCUT2D eigenvalue weighted by Gasteiger charge is 2.17. The summed E-state index contributed by atoms with van der Waals surface area (Å²) in [6.07, 6.45) is 16.6. The molecule has 3 heterocycles. The monoisotopic (exact) mass is 478 g/mol. The lowest BCUT2D eigenvalue weighted by Gasteiger charge is -2.29. The molecule has 0 atom stereocenters. The number of hydrogen-bond donors (Lipinski definition) is 6. The van der Waals surface area contributed by atoms with E-state index in [-0.39, 0.29) is 12.0 Å². The molecule has 0 bridgehead atoms. The van der Waals surface area contributed by atoms with Crippen molar-refractivity contribution in [3.8, 4) is 0 Å². The quantitative estimate of drug-likeness (QED) is 0.161. The van der Waals surface area contributed by atoms with Crippen molar-refractivity contribution in [2.24, 2.45) is 27.4 Å². The van der Waals surface area contributed by atoms with Crippen LogP contribution in [0.3, 0.4) is 0 Å². The smallest absolute Gasteiger partial charge is 0.132 e. The summed E-state index contributed by atoms with van der Waals surface area (Å²) in [5.41, 5.74) is 16.3. The third kappa shape index (κ3) is 7.80. The molecule has 0 amide bonds. The fraction of sp³-hybridized carbons (Fsp3) is 0.423. The SMILES string of the molecule is CC(C)C(C=N)=CC(N)=NC1=CC=C2NC=C(C(C=NCCCN3CCC(O)CC3)=CN)C=C2N1. The molecule has 0 unspecified atom stereocenters. The average Bonchev–Trinajstić information content (AvgIpc) is 2.85. The van der Waals surface area contributed by atoms with Crippen molar-refractivity contribution in [1.29, 1.82) is 5.41 Å². The van der Waals surface area contributed by atoms with Crippen LogP contribution in [0.4, 0.5) is 0 Å². The summed E-state index contributed by atoms with van der Waals surface area (Å²) < 4.78 is 0. The van der Waals surface area contributed by atoms with E-state index in [0.29, 0.717) is 11.7 Å². The highest BCUT2D eigenvalue weighted by Crippen LogP contribution is 2.22. The standard InChI is InChI=1S/C26H38N8O/c1-18(2)19(14-27)13-25(29)33-26-5-4-23-24(32-26)12-20(17-31-23)21(15-28)16-30-8-3-9-34-10-6-22(35)7-11-34/h4-5,12-18,22,27,31-32,35H,3,6-11,28H2,1-2H3,(H2,29,33). The third-order valence-corrected chi connectivity index (χ3v) is 6.10. The number of nitrogens with two attached hydrogens (primary N) is 2. The molecule has 3 aliphatic rings. The largest absolute Gasteiger partial charge is 0.404 e. The Morgan fingerprint density at radius 2 is 2.06 bits per heavy atom. The Morgan fingerprint density at radius 1 is 1.29 bits per heavy atom. The minimum atomic E-state index is -0.139. The zero-order valence-electron chi connectivity index (χ0n) is 20.7. The molecule has 1 fully saturated rings. The Hall–Kier alpha value is -3.43. The number of rotatable bonds is 10. The summed E-state index contributed by atoms with van der Waals surface area (Å²) in [5.74, 6) is 1.14. The molecule has 9 nitrogen and oxygen atoms in total. The van der Waals surface area contributed by atoms with Crippen molar-refractivity contribution in [1.82, 2.24) is 15.5 Å². The van der Waals surface area contributed by atoms with Crippen molar-refractivity contribution in [2.75, 3.05) is 26.2 Å². The maximum atomic E-state index is 9.62. The zero-order valence-corrected chi connectivity index (χ0v) is 20.7. The van der Waals surface area contributed by atoms with Gasteiger partial charge in [0.25, 0.3) is 0 Å². The Labute approximate surface area is 208 Å². The summed E-state index contributed by atoms with van der Waals surface area (Å²) in [6.45, 7) is 7.65. The minimum Gasteiger partial charge on any atom is -0.404 e. The number of piperidine rings is 1. The second-order valence-corrected chi connectivity index (χ2v) is 9.12. The predicted molar refractivity (Wildman–Crippen MR) is 144 cm³/mol. The van der Waals surface area contributed by atoms with Crippen LogP contribution in [-0.4, -0.2) is 60.6 Å². The molecule has 3 aliphatic heterocycles. The molecule has 3 rings (SSSR count). The van der Waals surface area contributed by atoms with Gasteiger partial charge in [-0.15, -0.1) is 0 Å². The summed E-state index contributed by atoms with van der Waals surface area (Å²) in [7, 11) is 0. The highest BCUT2D eigenvalue weighted by molar-refractivity contribution is 5.97. The molecule has 0 saturated carbocycles. The second kappa shape index (κ2) is 12.9. The topological polar surface area (TPSA) is 148 Å². The number of aliphatic imine (C=N–C) groups is 2. The van der Waals surface area contributed by atoms with Gasteiger partial charge in [-0.1, -0.05) is 13.8 Å². The van der Waals surface area contributed by atoms with Crippen LogP contribution in [0, 0.1) is 11.3 Å². The van der Waals surface area contributed by atoms with Crippen LogP contribution in [-0.2, 0) is 0 Å². The van der Waals surface area contributed by atoms with Gasteiger partial charge in [0.15, 0.2) is 0 Å². The van der Waals surface area contributed by atoms with Crippen molar-refractivity contribution in [3.63, 3.8) is 0 Å². The van der Waals surface area contributed by atoms with Gasteiger partial charge in [0, 0.05) is 55.6 Å². The fourth-order valence-corrected chi connectivity index (χ4v) is 3.95. The molecule has 9 heteroatoms. The number of fused-ring (bicyclic) bond motifs is 1. The van der Waals surface area contributed by atoms with Gasteiger partial charge in [-0.3, -0.25) is 4.99 Å². The Morgan fingerprint density at radius 3 is 2.74 bits per heavy atom. The molecular formula is C26H38N8O. The first-order valence-corrected chi connectivity index (χ1v) is 12.2. The molecule has 0 spiro atoms. The Balaban J connectivity index is 1.57. The van der Waals surface area contributed by atoms with E-state index >= 15 is 0 Å². The maximum absolute atomic E-state index is 9.62. The molecule has 0 aromatic rings. The van der Waals surface area contributed by atoms with E-state index in [1.807, 2.05) is 44.5 Å². The molecule has 8 N–H and O–H groups in total. The molecule has 0 radical (unpaired) electrons. The van der Waals surface area contributed by atoms with Crippen LogP contribution in [0.15, 0.2) is 80.6 Å². The van der Waals surface area contributed by atoms with Crippen molar-refractivity contribution >= 4 is 18.3 Å². The van der Waals surface area contributed by atoms with Crippen molar-refractivity contribution in [2.45, 2.75) is 39.2 Å². The summed E-state index contributed by atoms with van der Waals surface area (Å²) >= 11 is 0. The normalized spacial score (nSPS) is 20.5. The fourth-order valence-electron chi connectivity index (χ4n) is 3.95. The number of amidine groups is 1. The first kappa shape index (κ1) is 26.2. The number of hydrogen-bond acceptors (Lipinski definition) is 8. The van der Waals surface area contributed by atoms with Crippen LogP contribution in [0.5, 0.6) is 0 Å². The van der Waals surface area contributed by atoms with Gasteiger partial charge in [-0.25, -0.2) is 4.99 Å². The van der Waals surface area contributed by atoms with E-state index in [4.69, 9.17) is 16.9 Å². The number of nitrogens with zero attached hydrogens (tertiary/aromatic N) is 3. The average molecular weight is 479 g/mol. The molecule has 0 aromatic heterocycles. The van der Waals surface area contributed by atoms with E-state index in [9.17, 15) is 5.11 Å². The lowest BCUT2D eigenvalue weighted by Crippen LogP contribution is -2.36. The number of allylic oxidation sites excluding steroid dienone is 6. The molecule has 35 heavy (non-hydrogen) atoms. The van der Waals surface area contributed by atoms with E-state index in [2.05, 4.69) is 25.5 Å². The number of nitrogens with one attached hydrogen (secondary N) is 3. The summed E-state index contributed by atoms with van der Waals surface area (Å²) in [5, 5.41) is 23.7. The van der Waals surface area contributed by atoms with Crippen LogP contribution in [0.1, 0.15) is 33.1 Å². The van der Waals surface area contributed by atoms with Gasteiger partial charge in [-0.05, 0) is 61.6 Å². The first-order chi connectivity index (χ1) is 16.9. The van der Waals surface area contributed by atoms with Crippen LogP contribution < -0.4 is 22.1 Å². The predicted octanol–water partition coefficient (Wildman–Crippen LogP) is 2.04. The third-order valence-electron chi connectivity index (χ3n) is 6.10. The number of aliphatic hydroxyl groups excluding tert-OH is 1. The molecule has 1 saturated heterocycles. The summed E-state index contributed by atoms with van der Waals surface area (Å²) in [4.78, 5) is 11.4. The molecule has 188 valence electrons. The summed E-state index contributed by atoms with van der Waals surface area (Å²) in [6, 6.07) is 0. The van der Waals surface area contributed by atoms with Crippen LogP contribution in [0.25, 0.3) is 0 Å². The van der Waals surface area contributed by atoms with Crippen LogP contribution >= 0.6 is 0 Å². The van der Waals surface area contributed by atoms with Gasteiger partial charge in [0.2, 0.25) is 0 Å². The lowest BCUT2D eigenvalue weighted by atomic mass is 10.0. The molecule has 0 aromatic carbocycles.